The predicted octanol–water partition coefficient (Wildman–Crippen LogP) is 4.78. The van der Waals surface area contributed by atoms with Crippen molar-refractivity contribution in [2.24, 2.45) is 0 Å². The molecule has 2 aromatic carbocycles. The fraction of sp³-hybridized carbons (Fsp3) is 0.294. The average Bonchev–Trinajstić information content (AvgIpc) is 2.45. The summed E-state index contributed by atoms with van der Waals surface area (Å²) in [5.41, 5.74) is 3.58. The zero-order valence-electron chi connectivity index (χ0n) is 11.0. The Morgan fingerprint density at radius 3 is 2.33 bits per heavy atom. The molecule has 0 atom stereocenters. The van der Waals surface area contributed by atoms with Gasteiger partial charge in [-0.1, -0.05) is 68.3 Å². The molecule has 18 heavy (non-hydrogen) atoms. The van der Waals surface area contributed by atoms with Gasteiger partial charge in [0, 0.05) is 12.1 Å². The number of rotatable bonds is 6. The third kappa shape index (κ3) is 3.36. The van der Waals surface area contributed by atoms with Crippen LogP contribution in [0.1, 0.15) is 26.2 Å². The molecule has 0 aliphatic carbocycles. The summed E-state index contributed by atoms with van der Waals surface area (Å²) in [5.74, 6) is 0. The third-order valence-corrected chi connectivity index (χ3v) is 3.03. The first-order chi connectivity index (χ1) is 8.92. The molecule has 0 heterocycles. The van der Waals surface area contributed by atoms with E-state index in [4.69, 9.17) is 5.32 Å². The summed E-state index contributed by atoms with van der Waals surface area (Å²) in [6, 6.07) is 18.9. The molecule has 0 aromatic heterocycles. The molecule has 2 aromatic rings. The van der Waals surface area contributed by atoms with E-state index in [0.29, 0.717) is 0 Å². The van der Waals surface area contributed by atoms with Gasteiger partial charge >= 0.3 is 0 Å². The van der Waals surface area contributed by atoms with Gasteiger partial charge in [-0.25, -0.2) is 0 Å². The van der Waals surface area contributed by atoms with Gasteiger partial charge in [0.15, 0.2) is 0 Å². The van der Waals surface area contributed by atoms with Crippen LogP contribution in [0.4, 0.5) is 5.69 Å². The second kappa shape index (κ2) is 6.85. The van der Waals surface area contributed by atoms with Crippen molar-refractivity contribution in [2.45, 2.75) is 26.2 Å². The Hall–Kier alpha value is -1.76. The van der Waals surface area contributed by atoms with Crippen LogP contribution in [0.25, 0.3) is 11.1 Å². The van der Waals surface area contributed by atoms with E-state index in [9.17, 15) is 0 Å². The van der Waals surface area contributed by atoms with Crippen molar-refractivity contribution in [2.75, 3.05) is 6.54 Å². The van der Waals surface area contributed by atoms with Crippen molar-refractivity contribution in [1.82, 2.24) is 5.32 Å². The summed E-state index contributed by atoms with van der Waals surface area (Å²) in [6.07, 6.45) is 3.69. The Balaban J connectivity index is 2.11. The maximum atomic E-state index is 4.72. The minimum absolute atomic E-state index is 0.928. The van der Waals surface area contributed by atoms with Crippen LogP contribution in [0.5, 0.6) is 0 Å². The van der Waals surface area contributed by atoms with Gasteiger partial charge in [0.2, 0.25) is 0 Å². The lowest BCUT2D eigenvalue weighted by Crippen LogP contribution is -2.01. The molecule has 0 N–H and O–H groups in total. The zero-order chi connectivity index (χ0) is 12.6. The maximum absolute atomic E-state index is 4.72. The van der Waals surface area contributed by atoms with Crippen molar-refractivity contribution >= 4 is 5.69 Å². The quantitative estimate of drug-likeness (QED) is 0.643. The molecule has 2 rings (SSSR count). The van der Waals surface area contributed by atoms with Crippen LogP contribution in [0.2, 0.25) is 0 Å². The number of nitrogens with zero attached hydrogens (tertiary/aromatic N) is 1. The molecule has 0 bridgehead atoms. The molecular weight excluding hydrogens is 218 g/mol. The monoisotopic (exact) mass is 238 g/mol. The number of unbranched alkanes of at least 4 members (excludes halogenated alkanes) is 2. The molecule has 93 valence electrons. The van der Waals surface area contributed by atoms with Crippen LogP contribution in [-0.2, 0) is 0 Å². The first kappa shape index (κ1) is 12.7. The molecular formula is C17H20N. The molecule has 0 fully saturated rings. The second-order valence-corrected chi connectivity index (χ2v) is 4.47. The minimum Gasteiger partial charge on any atom is -0.285 e. The second-order valence-electron chi connectivity index (χ2n) is 4.47. The lowest BCUT2D eigenvalue weighted by atomic mass is 10.0. The molecule has 1 radical (unpaired) electrons. The molecule has 0 saturated carbocycles. The number of hydrogen-bond acceptors (Lipinski definition) is 0. The summed E-state index contributed by atoms with van der Waals surface area (Å²) in [6.45, 7) is 3.15. The molecule has 0 aliphatic rings. The molecule has 0 unspecified atom stereocenters. The van der Waals surface area contributed by atoms with Gasteiger partial charge in [0.05, 0.1) is 5.69 Å². The summed E-state index contributed by atoms with van der Waals surface area (Å²) < 4.78 is 0. The summed E-state index contributed by atoms with van der Waals surface area (Å²) in [5, 5.41) is 4.72. The Morgan fingerprint density at radius 1 is 0.833 bits per heavy atom. The lowest BCUT2D eigenvalue weighted by Gasteiger charge is -2.09. The van der Waals surface area contributed by atoms with Crippen LogP contribution in [-0.4, -0.2) is 6.54 Å². The van der Waals surface area contributed by atoms with Crippen molar-refractivity contribution in [3.8, 4) is 11.1 Å². The largest absolute Gasteiger partial charge is 0.285 e. The smallest absolute Gasteiger partial charge is 0.0652 e. The predicted molar refractivity (Wildman–Crippen MR) is 78.1 cm³/mol. The SMILES string of the molecule is CCCCC[N]c1ccccc1-c1ccccc1. The first-order valence-corrected chi connectivity index (χ1v) is 6.73. The molecule has 0 amide bonds. The van der Waals surface area contributed by atoms with Crippen molar-refractivity contribution in [3.63, 3.8) is 0 Å². The normalized spacial score (nSPS) is 10.3. The third-order valence-electron chi connectivity index (χ3n) is 3.03. The highest BCUT2D eigenvalue weighted by Gasteiger charge is 2.04. The summed E-state index contributed by atoms with van der Waals surface area (Å²) in [7, 11) is 0. The van der Waals surface area contributed by atoms with Crippen LogP contribution >= 0.6 is 0 Å². The molecule has 1 nitrogen and oxygen atoms in total. The van der Waals surface area contributed by atoms with E-state index in [1.165, 1.54) is 30.4 Å². The molecule has 0 aliphatic heterocycles. The van der Waals surface area contributed by atoms with E-state index in [1.807, 2.05) is 6.07 Å². The highest BCUT2D eigenvalue weighted by atomic mass is 14.9. The van der Waals surface area contributed by atoms with E-state index in [1.54, 1.807) is 0 Å². The van der Waals surface area contributed by atoms with Crippen LogP contribution in [0.15, 0.2) is 54.6 Å². The molecule has 1 heteroatoms. The summed E-state index contributed by atoms with van der Waals surface area (Å²) >= 11 is 0. The highest BCUT2D eigenvalue weighted by molar-refractivity contribution is 5.75. The molecule has 0 saturated heterocycles. The minimum atomic E-state index is 0.928. The van der Waals surface area contributed by atoms with Gasteiger partial charge in [0.1, 0.15) is 0 Å². The fourth-order valence-corrected chi connectivity index (χ4v) is 2.03. The van der Waals surface area contributed by atoms with Gasteiger partial charge in [-0.3, -0.25) is 5.32 Å². The van der Waals surface area contributed by atoms with Crippen LogP contribution in [0.3, 0.4) is 0 Å². The van der Waals surface area contributed by atoms with E-state index < -0.39 is 0 Å². The standard InChI is InChI=1S/C17H20N/c1-2-3-9-14-18-17-13-8-7-12-16(17)15-10-5-4-6-11-15/h4-8,10-13H,2-3,9,14H2,1H3. The van der Waals surface area contributed by atoms with Gasteiger partial charge in [-0.2, -0.15) is 0 Å². The zero-order valence-corrected chi connectivity index (χ0v) is 11.0. The first-order valence-electron chi connectivity index (χ1n) is 6.73. The van der Waals surface area contributed by atoms with Crippen molar-refractivity contribution < 1.29 is 0 Å². The summed E-state index contributed by atoms with van der Waals surface area (Å²) in [4.78, 5) is 0. The Bertz CT molecular complexity index is 462. The van der Waals surface area contributed by atoms with E-state index in [-0.39, 0.29) is 0 Å². The number of para-hydroxylation sites is 1. The van der Waals surface area contributed by atoms with Crippen molar-refractivity contribution in [1.29, 1.82) is 0 Å². The van der Waals surface area contributed by atoms with Gasteiger partial charge < -0.3 is 0 Å². The van der Waals surface area contributed by atoms with E-state index in [2.05, 4.69) is 55.5 Å². The average molecular weight is 238 g/mol. The fourth-order valence-electron chi connectivity index (χ4n) is 2.03. The number of benzene rings is 2. The Kier molecular flexibility index (Phi) is 4.83. The molecule has 0 spiro atoms. The maximum Gasteiger partial charge on any atom is 0.0652 e. The number of hydrogen-bond donors (Lipinski definition) is 0. The van der Waals surface area contributed by atoms with Gasteiger partial charge in [-0.05, 0) is 18.1 Å². The highest BCUT2D eigenvalue weighted by Crippen LogP contribution is 2.27. The Morgan fingerprint density at radius 2 is 1.56 bits per heavy atom. The van der Waals surface area contributed by atoms with Crippen molar-refractivity contribution in [3.05, 3.63) is 54.6 Å². The van der Waals surface area contributed by atoms with Gasteiger partial charge in [0.25, 0.3) is 0 Å². The topological polar surface area (TPSA) is 14.1 Å². The van der Waals surface area contributed by atoms with E-state index in [0.717, 1.165) is 12.2 Å². The lowest BCUT2D eigenvalue weighted by molar-refractivity contribution is 0.681. The van der Waals surface area contributed by atoms with Crippen LogP contribution in [0, 0.1) is 0 Å². The van der Waals surface area contributed by atoms with Crippen LogP contribution < -0.4 is 5.32 Å². The Labute approximate surface area is 110 Å². The van der Waals surface area contributed by atoms with E-state index >= 15 is 0 Å². The van der Waals surface area contributed by atoms with Gasteiger partial charge in [-0.15, -0.1) is 0 Å².